The number of rotatable bonds is 2. The minimum atomic E-state index is -0.481. The maximum atomic E-state index is 12.6. The van der Waals surface area contributed by atoms with E-state index in [9.17, 15) is 4.79 Å². The zero-order valence-corrected chi connectivity index (χ0v) is 18.0. The third-order valence-corrected chi connectivity index (χ3v) is 6.05. The summed E-state index contributed by atoms with van der Waals surface area (Å²) in [6.45, 7) is 11.0. The quantitative estimate of drug-likeness (QED) is 0.771. The van der Waals surface area contributed by atoms with Crippen molar-refractivity contribution in [3.05, 3.63) is 24.3 Å². The summed E-state index contributed by atoms with van der Waals surface area (Å²) < 4.78 is 7.71. The molecule has 0 saturated carbocycles. The maximum absolute atomic E-state index is 12.6. The number of likely N-dealkylation sites (N-methyl/N-ethyl adjacent to an activating group) is 1. The molecule has 2 aromatic rings. The fourth-order valence-corrected chi connectivity index (χ4v) is 4.43. The second kappa shape index (κ2) is 7.57. The van der Waals surface area contributed by atoms with E-state index in [0.29, 0.717) is 13.1 Å². The molecule has 1 amide bonds. The zero-order valence-electron chi connectivity index (χ0n) is 18.0. The molecule has 8 heteroatoms. The van der Waals surface area contributed by atoms with Crippen LogP contribution in [0.1, 0.15) is 33.6 Å². The van der Waals surface area contributed by atoms with Gasteiger partial charge in [0.25, 0.3) is 0 Å². The number of likely N-dealkylation sites (tertiary alicyclic amines) is 1. The molecule has 1 aromatic heterocycles. The van der Waals surface area contributed by atoms with Crippen molar-refractivity contribution in [3.63, 3.8) is 0 Å². The van der Waals surface area contributed by atoms with Gasteiger partial charge in [-0.15, -0.1) is 5.10 Å². The van der Waals surface area contributed by atoms with Gasteiger partial charge in [-0.25, -0.2) is 9.48 Å². The Bertz CT molecular complexity index is 857. The van der Waals surface area contributed by atoms with E-state index in [1.165, 1.54) is 0 Å². The van der Waals surface area contributed by atoms with Crippen LogP contribution in [-0.4, -0.2) is 87.7 Å². The first-order chi connectivity index (χ1) is 13.8. The van der Waals surface area contributed by atoms with Crippen molar-refractivity contribution in [2.45, 2.75) is 44.9 Å². The normalized spacial score (nSPS) is 21.4. The highest BCUT2D eigenvalue weighted by Gasteiger charge is 2.45. The van der Waals surface area contributed by atoms with Gasteiger partial charge in [0.05, 0.1) is 5.52 Å². The summed E-state index contributed by atoms with van der Waals surface area (Å²) in [5.74, 6) is 0. The summed E-state index contributed by atoms with van der Waals surface area (Å²) >= 11 is 0. The number of piperazine rings is 1. The van der Waals surface area contributed by atoms with E-state index in [4.69, 9.17) is 4.74 Å². The third-order valence-electron chi connectivity index (χ3n) is 6.05. The summed E-state index contributed by atoms with van der Waals surface area (Å²) in [4.78, 5) is 19.3. The van der Waals surface area contributed by atoms with Crippen molar-refractivity contribution in [1.29, 1.82) is 0 Å². The van der Waals surface area contributed by atoms with Gasteiger partial charge in [0.2, 0.25) is 0 Å². The standard InChI is InChI=1S/C21H32N6O2/c1-20(2,3)29-19(28)25-11-9-21(10-12-25,26-15-13-24(4)14-16-26)27-18-8-6-5-7-17(18)22-23-27/h5-8H,9-16H2,1-4H3. The smallest absolute Gasteiger partial charge is 0.410 e. The molecule has 2 aliphatic rings. The number of carbonyl (C=O) groups is 1. The Labute approximate surface area is 172 Å². The van der Waals surface area contributed by atoms with Crippen LogP contribution in [0.5, 0.6) is 0 Å². The van der Waals surface area contributed by atoms with Gasteiger partial charge in [0.1, 0.15) is 16.8 Å². The number of ether oxygens (including phenoxy) is 1. The average molecular weight is 401 g/mol. The van der Waals surface area contributed by atoms with Crippen LogP contribution in [0.3, 0.4) is 0 Å². The molecular weight excluding hydrogens is 368 g/mol. The fourth-order valence-electron chi connectivity index (χ4n) is 4.43. The van der Waals surface area contributed by atoms with Gasteiger partial charge in [-0.3, -0.25) is 4.90 Å². The van der Waals surface area contributed by atoms with E-state index in [1.54, 1.807) is 0 Å². The Hall–Kier alpha value is -2.19. The predicted molar refractivity (Wildman–Crippen MR) is 112 cm³/mol. The zero-order chi connectivity index (χ0) is 20.6. The molecule has 0 atom stereocenters. The van der Waals surface area contributed by atoms with Crippen LogP contribution in [-0.2, 0) is 10.4 Å². The van der Waals surface area contributed by atoms with E-state index < -0.39 is 5.60 Å². The highest BCUT2D eigenvalue weighted by Crippen LogP contribution is 2.36. The molecule has 0 spiro atoms. The largest absolute Gasteiger partial charge is 0.444 e. The number of hydrogen-bond acceptors (Lipinski definition) is 6. The van der Waals surface area contributed by atoms with Gasteiger partial charge < -0.3 is 14.5 Å². The number of carbonyl (C=O) groups excluding carboxylic acids is 1. The highest BCUT2D eigenvalue weighted by atomic mass is 16.6. The van der Waals surface area contributed by atoms with E-state index in [1.807, 2.05) is 43.9 Å². The summed E-state index contributed by atoms with van der Waals surface area (Å²) in [5, 5.41) is 9.01. The molecular formula is C21H32N6O2. The molecule has 0 radical (unpaired) electrons. The SMILES string of the molecule is CN1CCN(C2(n3nnc4ccccc43)CCN(C(=O)OC(C)(C)C)CC2)CC1. The lowest BCUT2D eigenvalue weighted by atomic mass is 9.93. The van der Waals surface area contributed by atoms with Gasteiger partial charge in [0.15, 0.2) is 0 Å². The van der Waals surface area contributed by atoms with Gasteiger partial charge in [-0.05, 0) is 40.0 Å². The number of nitrogens with zero attached hydrogens (tertiary/aromatic N) is 6. The molecule has 0 N–H and O–H groups in total. The second-order valence-corrected chi connectivity index (χ2v) is 9.23. The van der Waals surface area contributed by atoms with Crippen molar-refractivity contribution in [3.8, 4) is 0 Å². The maximum Gasteiger partial charge on any atom is 0.410 e. The highest BCUT2D eigenvalue weighted by molar-refractivity contribution is 5.74. The van der Waals surface area contributed by atoms with Crippen molar-refractivity contribution in [1.82, 2.24) is 29.7 Å². The third kappa shape index (κ3) is 3.96. The molecule has 2 fully saturated rings. The van der Waals surface area contributed by atoms with Crippen LogP contribution in [0.25, 0.3) is 11.0 Å². The van der Waals surface area contributed by atoms with Gasteiger partial charge in [0, 0.05) is 52.1 Å². The summed E-state index contributed by atoms with van der Waals surface area (Å²) in [6.07, 6.45) is 1.39. The fraction of sp³-hybridized carbons (Fsp3) is 0.667. The molecule has 0 aliphatic carbocycles. The van der Waals surface area contributed by atoms with E-state index in [0.717, 1.165) is 50.1 Å². The first-order valence-corrected chi connectivity index (χ1v) is 10.5. The number of para-hydroxylation sites is 1. The molecule has 4 rings (SSSR count). The lowest BCUT2D eigenvalue weighted by Gasteiger charge is -2.50. The van der Waals surface area contributed by atoms with E-state index >= 15 is 0 Å². The lowest BCUT2D eigenvalue weighted by Crippen LogP contribution is -2.62. The Morgan fingerprint density at radius 2 is 1.69 bits per heavy atom. The number of benzene rings is 1. The lowest BCUT2D eigenvalue weighted by molar-refractivity contribution is -0.0671. The molecule has 1 aromatic carbocycles. The van der Waals surface area contributed by atoms with Gasteiger partial charge >= 0.3 is 6.09 Å². The number of amides is 1. The van der Waals surface area contributed by atoms with Crippen molar-refractivity contribution >= 4 is 17.1 Å². The van der Waals surface area contributed by atoms with Crippen LogP contribution < -0.4 is 0 Å². The van der Waals surface area contributed by atoms with Crippen molar-refractivity contribution in [2.75, 3.05) is 46.3 Å². The average Bonchev–Trinajstić information content (AvgIpc) is 3.12. The molecule has 0 bridgehead atoms. The van der Waals surface area contributed by atoms with Crippen LogP contribution in [0, 0.1) is 0 Å². The monoisotopic (exact) mass is 400 g/mol. The molecule has 2 saturated heterocycles. The van der Waals surface area contributed by atoms with Gasteiger partial charge in [-0.1, -0.05) is 17.3 Å². The molecule has 2 aliphatic heterocycles. The molecule has 0 unspecified atom stereocenters. The number of aromatic nitrogens is 3. The van der Waals surface area contributed by atoms with Gasteiger partial charge in [-0.2, -0.15) is 0 Å². The molecule has 3 heterocycles. The number of fused-ring (bicyclic) bond motifs is 1. The topological polar surface area (TPSA) is 66.7 Å². The minimum absolute atomic E-state index is 0.229. The van der Waals surface area contributed by atoms with Crippen LogP contribution >= 0.6 is 0 Å². The van der Waals surface area contributed by atoms with E-state index in [-0.39, 0.29) is 11.8 Å². The summed E-state index contributed by atoms with van der Waals surface area (Å²) in [6, 6.07) is 8.13. The Morgan fingerprint density at radius 3 is 2.34 bits per heavy atom. The first kappa shape index (κ1) is 20.1. The first-order valence-electron chi connectivity index (χ1n) is 10.5. The second-order valence-electron chi connectivity index (χ2n) is 9.23. The minimum Gasteiger partial charge on any atom is -0.444 e. The van der Waals surface area contributed by atoms with E-state index in [2.05, 4.69) is 37.9 Å². The molecule has 29 heavy (non-hydrogen) atoms. The van der Waals surface area contributed by atoms with Crippen LogP contribution in [0.4, 0.5) is 4.79 Å². The Morgan fingerprint density at radius 1 is 1.03 bits per heavy atom. The Balaban J connectivity index is 1.62. The number of hydrogen-bond donors (Lipinski definition) is 0. The summed E-state index contributed by atoms with van der Waals surface area (Å²) in [5.41, 5.74) is 1.22. The van der Waals surface area contributed by atoms with Crippen molar-refractivity contribution < 1.29 is 9.53 Å². The predicted octanol–water partition coefficient (Wildman–Crippen LogP) is 2.36. The Kier molecular flexibility index (Phi) is 5.25. The molecule has 158 valence electrons. The van der Waals surface area contributed by atoms with Crippen LogP contribution in [0.15, 0.2) is 24.3 Å². The van der Waals surface area contributed by atoms with Crippen LogP contribution in [0.2, 0.25) is 0 Å². The molecule has 8 nitrogen and oxygen atoms in total. The van der Waals surface area contributed by atoms with Crippen molar-refractivity contribution in [2.24, 2.45) is 0 Å². The number of piperidine rings is 1. The summed E-state index contributed by atoms with van der Waals surface area (Å²) in [7, 11) is 2.17.